The molecule has 6 rings (SSSR count). The Bertz CT molecular complexity index is 1510. The molecule has 2 heterocycles. The van der Waals surface area contributed by atoms with Gasteiger partial charge in [-0.05, 0) is 49.2 Å². The number of benzene rings is 3. The normalized spacial score (nSPS) is 14.6. The van der Waals surface area contributed by atoms with E-state index in [1.165, 1.54) is 19.3 Å². The van der Waals surface area contributed by atoms with Crippen molar-refractivity contribution in [3.05, 3.63) is 78.5 Å². The van der Waals surface area contributed by atoms with Crippen LogP contribution >= 0.6 is 0 Å². The van der Waals surface area contributed by atoms with E-state index in [1.807, 2.05) is 54.7 Å². The highest BCUT2D eigenvalue weighted by atomic mass is 15.1. The molecule has 5 aromatic rings. The predicted molar refractivity (Wildman–Crippen MR) is 137 cm³/mol. The molecule has 0 bridgehead atoms. The molecule has 34 heavy (non-hydrogen) atoms. The molecule has 0 amide bonds. The summed E-state index contributed by atoms with van der Waals surface area (Å²) in [6, 6.07) is 22.7. The third-order valence-corrected chi connectivity index (χ3v) is 6.81. The van der Waals surface area contributed by atoms with Gasteiger partial charge in [-0.3, -0.25) is 10.4 Å². The van der Waals surface area contributed by atoms with Crippen LogP contribution in [0.1, 0.15) is 43.7 Å². The molecule has 1 aliphatic rings. The molecule has 1 fully saturated rings. The topological polar surface area (TPSA) is 93.5 Å². The van der Waals surface area contributed by atoms with Gasteiger partial charge in [0.2, 0.25) is 0 Å². The molecule has 0 aliphatic heterocycles. The minimum atomic E-state index is 0.0610. The Morgan fingerprint density at radius 3 is 2.44 bits per heavy atom. The van der Waals surface area contributed by atoms with Gasteiger partial charge in [0.1, 0.15) is 11.7 Å². The summed E-state index contributed by atoms with van der Waals surface area (Å²) in [6.45, 7) is 0. The number of nitrogen functional groups attached to an aromatic ring is 1. The van der Waals surface area contributed by atoms with Crippen LogP contribution in [0.2, 0.25) is 0 Å². The van der Waals surface area contributed by atoms with Gasteiger partial charge in [-0.25, -0.2) is 9.97 Å². The molecule has 1 aliphatic carbocycles. The van der Waals surface area contributed by atoms with Crippen LogP contribution in [0.5, 0.6) is 0 Å². The van der Waals surface area contributed by atoms with Crippen molar-refractivity contribution in [2.24, 2.45) is 5.73 Å². The quantitative estimate of drug-likeness (QED) is 0.257. The van der Waals surface area contributed by atoms with E-state index >= 15 is 0 Å². The van der Waals surface area contributed by atoms with Crippen LogP contribution in [0.4, 0.5) is 0 Å². The second-order valence-electron chi connectivity index (χ2n) is 9.04. The maximum Gasteiger partial charge on any atom is 0.141 e. The average Bonchev–Trinajstić information content (AvgIpc) is 3.28. The number of nitrogens with zero attached hydrogens (tertiary/aromatic N) is 4. The smallest absolute Gasteiger partial charge is 0.141 e. The van der Waals surface area contributed by atoms with Crippen molar-refractivity contribution in [2.45, 2.75) is 38.1 Å². The number of amidine groups is 1. The van der Waals surface area contributed by atoms with Crippen LogP contribution in [0.3, 0.4) is 0 Å². The third-order valence-electron chi connectivity index (χ3n) is 6.81. The predicted octanol–water partition coefficient (Wildman–Crippen LogP) is 6.10. The fourth-order valence-corrected chi connectivity index (χ4v) is 5.08. The maximum atomic E-state index is 7.83. The number of aromatic nitrogens is 4. The first kappa shape index (κ1) is 20.5. The molecule has 0 saturated heterocycles. The zero-order valence-electron chi connectivity index (χ0n) is 18.9. The van der Waals surface area contributed by atoms with Gasteiger partial charge < -0.3 is 10.3 Å². The van der Waals surface area contributed by atoms with E-state index < -0.39 is 0 Å². The number of hydrogen-bond donors (Lipinski definition) is 2. The molecular weight excluding hydrogens is 420 g/mol. The van der Waals surface area contributed by atoms with Crippen molar-refractivity contribution < 1.29 is 0 Å². The number of imidazole rings is 1. The fraction of sp³-hybridized carbons (Fsp3) is 0.214. The van der Waals surface area contributed by atoms with Crippen LogP contribution in [0, 0.1) is 5.41 Å². The SMILES string of the molecule is N=C(N)c1ccc2c(c1)nc(-c1ccc3nc(-c4ccccc4)cnc3c1)n2C1CCCCC1. The Hall–Kier alpha value is -4.06. The summed E-state index contributed by atoms with van der Waals surface area (Å²) in [5.74, 6) is 1.00. The highest BCUT2D eigenvalue weighted by Gasteiger charge is 2.23. The summed E-state index contributed by atoms with van der Waals surface area (Å²) in [5, 5.41) is 7.83. The molecule has 6 heteroatoms. The van der Waals surface area contributed by atoms with E-state index in [0.717, 1.165) is 57.6 Å². The van der Waals surface area contributed by atoms with E-state index in [2.05, 4.69) is 22.8 Å². The average molecular weight is 447 g/mol. The van der Waals surface area contributed by atoms with Crippen LogP contribution in [0.15, 0.2) is 72.9 Å². The number of hydrogen-bond acceptors (Lipinski definition) is 4. The highest BCUT2D eigenvalue weighted by Crippen LogP contribution is 2.36. The molecule has 0 atom stereocenters. The van der Waals surface area contributed by atoms with Crippen molar-refractivity contribution in [1.29, 1.82) is 5.41 Å². The first-order valence-electron chi connectivity index (χ1n) is 11.9. The van der Waals surface area contributed by atoms with Gasteiger partial charge in [0.05, 0.1) is 34.0 Å². The monoisotopic (exact) mass is 446 g/mol. The van der Waals surface area contributed by atoms with Gasteiger partial charge in [-0.15, -0.1) is 0 Å². The largest absolute Gasteiger partial charge is 0.384 e. The second-order valence-corrected chi connectivity index (χ2v) is 9.04. The van der Waals surface area contributed by atoms with Crippen LogP contribution in [-0.2, 0) is 0 Å². The molecule has 0 unspecified atom stereocenters. The zero-order valence-corrected chi connectivity index (χ0v) is 18.9. The van der Waals surface area contributed by atoms with E-state index in [0.29, 0.717) is 11.6 Å². The van der Waals surface area contributed by atoms with Crippen LogP contribution < -0.4 is 5.73 Å². The lowest BCUT2D eigenvalue weighted by Crippen LogP contribution is -2.14. The molecule has 0 spiro atoms. The molecule has 6 nitrogen and oxygen atoms in total. The minimum absolute atomic E-state index is 0.0610. The lowest BCUT2D eigenvalue weighted by Gasteiger charge is -2.25. The number of nitrogens with one attached hydrogen (secondary N) is 1. The molecular formula is C28H26N6. The highest BCUT2D eigenvalue weighted by molar-refractivity contribution is 5.98. The first-order chi connectivity index (χ1) is 16.7. The van der Waals surface area contributed by atoms with Crippen molar-refractivity contribution in [1.82, 2.24) is 19.5 Å². The zero-order chi connectivity index (χ0) is 23.1. The maximum absolute atomic E-state index is 7.83. The molecule has 0 radical (unpaired) electrons. The summed E-state index contributed by atoms with van der Waals surface area (Å²) >= 11 is 0. The van der Waals surface area contributed by atoms with Crippen LogP contribution in [0.25, 0.3) is 44.7 Å². The molecule has 3 N–H and O–H groups in total. The van der Waals surface area contributed by atoms with E-state index in [1.54, 1.807) is 0 Å². The Balaban J connectivity index is 1.48. The van der Waals surface area contributed by atoms with Crippen molar-refractivity contribution >= 4 is 27.9 Å². The second kappa shape index (κ2) is 8.37. The van der Waals surface area contributed by atoms with Crippen LogP contribution in [-0.4, -0.2) is 25.4 Å². The van der Waals surface area contributed by atoms with Gasteiger partial charge in [0.15, 0.2) is 0 Å². The van der Waals surface area contributed by atoms with E-state index in [4.69, 9.17) is 26.1 Å². The van der Waals surface area contributed by atoms with Gasteiger partial charge in [-0.2, -0.15) is 0 Å². The molecule has 2 aromatic heterocycles. The summed E-state index contributed by atoms with van der Waals surface area (Å²) in [5.41, 5.74) is 13.1. The van der Waals surface area contributed by atoms with E-state index in [-0.39, 0.29) is 5.84 Å². The van der Waals surface area contributed by atoms with Crippen molar-refractivity contribution in [3.63, 3.8) is 0 Å². The third kappa shape index (κ3) is 3.61. The Morgan fingerprint density at radius 1 is 0.824 bits per heavy atom. The molecule has 1 saturated carbocycles. The Labute approximate surface area is 198 Å². The van der Waals surface area contributed by atoms with Gasteiger partial charge in [-0.1, -0.05) is 49.6 Å². The Kier molecular flexibility index (Phi) is 5.06. The first-order valence-corrected chi connectivity index (χ1v) is 11.9. The molecule has 168 valence electrons. The fourth-order valence-electron chi connectivity index (χ4n) is 5.08. The van der Waals surface area contributed by atoms with Gasteiger partial charge >= 0.3 is 0 Å². The number of fused-ring (bicyclic) bond motifs is 2. The van der Waals surface area contributed by atoms with Crippen molar-refractivity contribution in [3.8, 4) is 22.6 Å². The van der Waals surface area contributed by atoms with Gasteiger partial charge in [0.25, 0.3) is 0 Å². The standard InChI is InChI=1S/C28H26N6/c29-27(30)19-12-14-26-24(15-19)33-28(34(26)21-9-5-2-6-10-21)20-11-13-22-23(16-20)31-17-25(32-22)18-7-3-1-4-8-18/h1,3-4,7-8,11-17,21H,2,5-6,9-10H2,(H3,29,30). The lowest BCUT2D eigenvalue weighted by atomic mass is 9.94. The molecule has 3 aromatic carbocycles. The Morgan fingerprint density at radius 2 is 1.65 bits per heavy atom. The van der Waals surface area contributed by atoms with Gasteiger partial charge in [0, 0.05) is 22.7 Å². The van der Waals surface area contributed by atoms with E-state index in [9.17, 15) is 0 Å². The number of rotatable bonds is 4. The summed E-state index contributed by atoms with van der Waals surface area (Å²) in [7, 11) is 0. The van der Waals surface area contributed by atoms with Crippen molar-refractivity contribution in [2.75, 3.05) is 0 Å². The summed E-state index contributed by atoms with van der Waals surface area (Å²) < 4.78 is 2.39. The number of nitrogens with two attached hydrogens (primary N) is 1. The minimum Gasteiger partial charge on any atom is -0.384 e. The lowest BCUT2D eigenvalue weighted by molar-refractivity contribution is 0.362. The summed E-state index contributed by atoms with van der Waals surface area (Å²) in [4.78, 5) is 14.6. The summed E-state index contributed by atoms with van der Waals surface area (Å²) in [6.07, 6.45) is 7.91.